The second kappa shape index (κ2) is 13.9. The zero-order valence-electron chi connectivity index (χ0n) is 17.4. The standard InChI is InChI=1S/C21H28N6O3.HI/c28-27(29)20-6-4-18(5-7-20)17-25-21(23-10-8-19-3-1-2-9-22-19)24-11-12-26-13-15-30-16-14-26;/h1-7,9H,8,10-17H2,(H2,23,24,25);1H. The Bertz CT molecular complexity index is 814. The van der Waals surface area contributed by atoms with Gasteiger partial charge in [0, 0.05) is 63.2 Å². The van der Waals surface area contributed by atoms with Crippen LogP contribution in [0.15, 0.2) is 53.7 Å². The highest BCUT2D eigenvalue weighted by Gasteiger charge is 2.10. The molecule has 0 radical (unpaired) electrons. The maximum Gasteiger partial charge on any atom is 0.269 e. The van der Waals surface area contributed by atoms with Gasteiger partial charge in [-0.05, 0) is 17.7 Å². The lowest BCUT2D eigenvalue weighted by Gasteiger charge is -2.26. The Kier molecular flexibility index (Phi) is 11.2. The van der Waals surface area contributed by atoms with Gasteiger partial charge in [0.05, 0.1) is 24.7 Å². The van der Waals surface area contributed by atoms with Gasteiger partial charge in [-0.25, -0.2) is 4.99 Å². The van der Waals surface area contributed by atoms with E-state index in [9.17, 15) is 10.1 Å². The lowest BCUT2D eigenvalue weighted by molar-refractivity contribution is -0.384. The highest BCUT2D eigenvalue weighted by atomic mass is 127. The molecule has 0 bridgehead atoms. The summed E-state index contributed by atoms with van der Waals surface area (Å²) in [6.45, 7) is 6.30. The van der Waals surface area contributed by atoms with Crippen LogP contribution in [0.25, 0.3) is 0 Å². The monoisotopic (exact) mass is 540 g/mol. The molecule has 0 spiro atoms. The number of halogens is 1. The van der Waals surface area contributed by atoms with Gasteiger partial charge in [0.15, 0.2) is 5.96 Å². The molecule has 168 valence electrons. The Morgan fingerprint density at radius 2 is 1.87 bits per heavy atom. The molecule has 0 unspecified atom stereocenters. The predicted molar refractivity (Wildman–Crippen MR) is 131 cm³/mol. The molecule has 3 rings (SSSR count). The Hall–Kier alpha value is -2.31. The number of hydrogen-bond acceptors (Lipinski definition) is 6. The normalized spacial score (nSPS) is 14.5. The number of morpholine rings is 1. The molecule has 1 aliphatic heterocycles. The first-order chi connectivity index (χ1) is 14.7. The molecule has 9 nitrogen and oxygen atoms in total. The van der Waals surface area contributed by atoms with Crippen LogP contribution in [0.4, 0.5) is 5.69 Å². The van der Waals surface area contributed by atoms with Crippen LogP contribution in [0.3, 0.4) is 0 Å². The fraction of sp³-hybridized carbons (Fsp3) is 0.429. The predicted octanol–water partition coefficient (Wildman–Crippen LogP) is 2.22. The van der Waals surface area contributed by atoms with Crippen LogP contribution in [-0.4, -0.2) is 66.7 Å². The molecule has 0 atom stereocenters. The van der Waals surface area contributed by atoms with Crippen molar-refractivity contribution in [2.45, 2.75) is 13.0 Å². The van der Waals surface area contributed by atoms with E-state index in [4.69, 9.17) is 4.74 Å². The summed E-state index contributed by atoms with van der Waals surface area (Å²) in [4.78, 5) is 21.7. The average molecular weight is 540 g/mol. The third kappa shape index (κ3) is 9.15. The van der Waals surface area contributed by atoms with E-state index in [1.54, 1.807) is 18.3 Å². The van der Waals surface area contributed by atoms with E-state index < -0.39 is 4.92 Å². The zero-order valence-corrected chi connectivity index (χ0v) is 19.7. The van der Waals surface area contributed by atoms with Crippen molar-refractivity contribution in [2.75, 3.05) is 45.9 Å². The quantitative estimate of drug-likeness (QED) is 0.165. The summed E-state index contributed by atoms with van der Waals surface area (Å²) in [6.07, 6.45) is 2.59. The molecular formula is C21H29IN6O3. The van der Waals surface area contributed by atoms with Crippen molar-refractivity contribution in [3.05, 3.63) is 70.0 Å². The largest absolute Gasteiger partial charge is 0.379 e. The van der Waals surface area contributed by atoms with Crippen molar-refractivity contribution in [3.63, 3.8) is 0 Å². The highest BCUT2D eigenvalue weighted by molar-refractivity contribution is 14.0. The molecule has 10 heteroatoms. The Labute approximate surface area is 199 Å². The van der Waals surface area contributed by atoms with E-state index >= 15 is 0 Å². The van der Waals surface area contributed by atoms with Crippen molar-refractivity contribution >= 4 is 35.6 Å². The molecule has 2 heterocycles. The molecule has 2 aromatic rings. The van der Waals surface area contributed by atoms with Gasteiger partial charge < -0.3 is 15.4 Å². The molecule has 2 N–H and O–H groups in total. The van der Waals surface area contributed by atoms with Gasteiger partial charge in [-0.2, -0.15) is 0 Å². The number of guanidine groups is 1. The molecule has 31 heavy (non-hydrogen) atoms. The molecule has 0 aliphatic carbocycles. The van der Waals surface area contributed by atoms with Gasteiger partial charge >= 0.3 is 0 Å². The third-order valence-corrected chi connectivity index (χ3v) is 4.79. The lowest BCUT2D eigenvalue weighted by atomic mass is 10.2. The number of benzene rings is 1. The molecule has 0 amide bonds. The van der Waals surface area contributed by atoms with Crippen molar-refractivity contribution in [1.29, 1.82) is 0 Å². The first-order valence-corrected chi connectivity index (χ1v) is 10.2. The molecular weight excluding hydrogens is 511 g/mol. The van der Waals surface area contributed by atoms with E-state index in [1.807, 2.05) is 18.2 Å². The van der Waals surface area contributed by atoms with Crippen LogP contribution in [0.1, 0.15) is 11.3 Å². The minimum atomic E-state index is -0.398. The number of rotatable bonds is 9. The summed E-state index contributed by atoms with van der Waals surface area (Å²) in [5.41, 5.74) is 2.02. The summed E-state index contributed by atoms with van der Waals surface area (Å²) in [5.74, 6) is 0.720. The summed E-state index contributed by atoms with van der Waals surface area (Å²) in [7, 11) is 0. The molecule has 1 aromatic carbocycles. The molecule has 1 aromatic heterocycles. The number of pyridine rings is 1. The maximum atomic E-state index is 10.8. The summed E-state index contributed by atoms with van der Waals surface area (Å²) in [5, 5.41) is 17.5. The average Bonchev–Trinajstić information content (AvgIpc) is 2.79. The molecule has 1 fully saturated rings. The highest BCUT2D eigenvalue weighted by Crippen LogP contribution is 2.12. The van der Waals surface area contributed by atoms with Crippen LogP contribution < -0.4 is 10.6 Å². The van der Waals surface area contributed by atoms with Gasteiger partial charge in [-0.15, -0.1) is 24.0 Å². The van der Waals surface area contributed by atoms with E-state index in [0.29, 0.717) is 13.1 Å². The second-order valence-corrected chi connectivity index (χ2v) is 6.97. The Morgan fingerprint density at radius 1 is 1.13 bits per heavy atom. The minimum absolute atomic E-state index is 0. The van der Waals surface area contributed by atoms with E-state index in [2.05, 4.69) is 25.5 Å². The number of nitro groups is 1. The van der Waals surface area contributed by atoms with Crippen LogP contribution in [0.5, 0.6) is 0 Å². The van der Waals surface area contributed by atoms with E-state index in [0.717, 1.165) is 63.0 Å². The first kappa shape index (κ1) is 25.0. The first-order valence-electron chi connectivity index (χ1n) is 10.2. The summed E-state index contributed by atoms with van der Waals surface area (Å²) >= 11 is 0. The summed E-state index contributed by atoms with van der Waals surface area (Å²) < 4.78 is 5.39. The van der Waals surface area contributed by atoms with Crippen LogP contribution >= 0.6 is 24.0 Å². The van der Waals surface area contributed by atoms with Crippen LogP contribution in [0.2, 0.25) is 0 Å². The molecule has 1 saturated heterocycles. The zero-order chi connectivity index (χ0) is 21.0. The number of nitrogens with zero attached hydrogens (tertiary/aromatic N) is 4. The fourth-order valence-electron chi connectivity index (χ4n) is 3.08. The fourth-order valence-corrected chi connectivity index (χ4v) is 3.08. The lowest BCUT2D eigenvalue weighted by Crippen LogP contribution is -2.44. The van der Waals surface area contributed by atoms with E-state index in [-0.39, 0.29) is 29.7 Å². The SMILES string of the molecule is I.O=[N+]([O-])c1ccc(CN=C(NCCc2ccccn2)NCCN2CCOCC2)cc1. The van der Waals surface area contributed by atoms with Gasteiger partial charge in [-0.1, -0.05) is 18.2 Å². The summed E-state index contributed by atoms with van der Waals surface area (Å²) in [6, 6.07) is 12.4. The van der Waals surface area contributed by atoms with Crippen LogP contribution in [0, 0.1) is 10.1 Å². The van der Waals surface area contributed by atoms with Crippen molar-refractivity contribution in [3.8, 4) is 0 Å². The minimum Gasteiger partial charge on any atom is -0.379 e. The molecule has 1 aliphatic rings. The number of non-ortho nitro benzene ring substituents is 1. The third-order valence-electron chi connectivity index (χ3n) is 4.79. The smallest absolute Gasteiger partial charge is 0.269 e. The number of nitrogens with one attached hydrogen (secondary N) is 2. The number of ether oxygens (including phenoxy) is 1. The number of hydrogen-bond donors (Lipinski definition) is 2. The van der Waals surface area contributed by atoms with Crippen molar-refractivity contribution in [2.24, 2.45) is 4.99 Å². The Morgan fingerprint density at radius 3 is 2.55 bits per heavy atom. The van der Waals surface area contributed by atoms with Crippen LogP contribution in [-0.2, 0) is 17.7 Å². The maximum absolute atomic E-state index is 10.8. The van der Waals surface area contributed by atoms with Crippen molar-refractivity contribution < 1.29 is 9.66 Å². The van der Waals surface area contributed by atoms with Gasteiger partial charge in [0.2, 0.25) is 0 Å². The van der Waals surface area contributed by atoms with Gasteiger partial charge in [0.1, 0.15) is 0 Å². The Balaban J connectivity index is 0.00000341. The van der Waals surface area contributed by atoms with Gasteiger partial charge in [-0.3, -0.25) is 20.0 Å². The van der Waals surface area contributed by atoms with Gasteiger partial charge in [0.25, 0.3) is 5.69 Å². The number of aliphatic imine (C=N–C) groups is 1. The number of aromatic nitrogens is 1. The topological polar surface area (TPSA) is 105 Å². The van der Waals surface area contributed by atoms with E-state index in [1.165, 1.54) is 12.1 Å². The number of nitro benzene ring substituents is 1. The second-order valence-electron chi connectivity index (χ2n) is 6.97. The molecule has 0 saturated carbocycles. The van der Waals surface area contributed by atoms with Crippen molar-refractivity contribution in [1.82, 2.24) is 20.5 Å².